The van der Waals surface area contributed by atoms with E-state index in [2.05, 4.69) is 46.0 Å². The molecule has 3 aromatic carbocycles. The van der Waals surface area contributed by atoms with Crippen LogP contribution >= 0.6 is 12.4 Å². The molecule has 3 atom stereocenters. The molecule has 0 amide bonds. The van der Waals surface area contributed by atoms with Gasteiger partial charge in [-0.15, -0.1) is 25.6 Å². The molecule has 1 aliphatic rings. The summed E-state index contributed by atoms with van der Waals surface area (Å²) in [6, 6.07) is 18.1. The van der Waals surface area contributed by atoms with Crippen molar-refractivity contribution in [2.45, 2.75) is 62.0 Å². The van der Waals surface area contributed by atoms with Crippen LogP contribution in [0.2, 0.25) is 0 Å². The summed E-state index contributed by atoms with van der Waals surface area (Å²) < 4.78 is 69.7. The van der Waals surface area contributed by atoms with Gasteiger partial charge in [-0.05, 0) is 60.4 Å². The number of sulfonamides is 1. The quantitative estimate of drug-likeness (QED) is 0.389. The van der Waals surface area contributed by atoms with Gasteiger partial charge in [0.15, 0.2) is 0 Å². The van der Waals surface area contributed by atoms with E-state index in [0.29, 0.717) is 6.42 Å². The average Bonchev–Trinajstić information content (AvgIpc) is 2.79. The molecule has 1 fully saturated rings. The molecule has 0 aliphatic heterocycles. The van der Waals surface area contributed by atoms with Gasteiger partial charge >= 0.3 is 6.36 Å². The minimum atomic E-state index is -4.83. The van der Waals surface area contributed by atoms with E-state index in [0.717, 1.165) is 59.9 Å². The number of alkyl halides is 3. The molecule has 0 unspecified atom stereocenters. The lowest BCUT2D eigenvalue weighted by molar-refractivity contribution is -0.274. The molecule has 35 heavy (non-hydrogen) atoms. The first-order valence-electron chi connectivity index (χ1n) is 11.2. The number of ether oxygens (including phenoxy) is 1. The first kappa shape index (κ1) is 27.3. The summed E-state index contributed by atoms with van der Waals surface area (Å²) in [6.45, 7) is 2.07. The fraction of sp³-hybridized carbons (Fsp3) is 0.360. The zero-order chi connectivity index (χ0) is 24.3. The minimum Gasteiger partial charge on any atom is -0.406 e. The minimum absolute atomic E-state index is 0. The molecule has 1 aliphatic carbocycles. The molecule has 1 saturated carbocycles. The third kappa shape index (κ3) is 6.88. The summed E-state index contributed by atoms with van der Waals surface area (Å²) in [6.07, 6.45) is -1.45. The molecule has 0 spiro atoms. The highest BCUT2D eigenvalue weighted by Gasteiger charge is 2.32. The number of hydrogen-bond donors (Lipinski definition) is 2. The Kier molecular flexibility index (Phi) is 8.69. The van der Waals surface area contributed by atoms with Crippen molar-refractivity contribution in [2.24, 2.45) is 0 Å². The molecule has 0 heterocycles. The fourth-order valence-electron chi connectivity index (χ4n) is 4.60. The van der Waals surface area contributed by atoms with Crippen molar-refractivity contribution in [1.29, 1.82) is 0 Å². The lowest BCUT2D eigenvalue weighted by atomic mass is 9.89. The van der Waals surface area contributed by atoms with E-state index in [4.69, 9.17) is 0 Å². The predicted molar refractivity (Wildman–Crippen MR) is 132 cm³/mol. The van der Waals surface area contributed by atoms with Crippen molar-refractivity contribution >= 4 is 33.2 Å². The van der Waals surface area contributed by atoms with Gasteiger partial charge in [0, 0.05) is 18.1 Å². The molecule has 5 nitrogen and oxygen atoms in total. The van der Waals surface area contributed by atoms with Crippen LogP contribution in [0.1, 0.15) is 44.2 Å². The monoisotopic (exact) mass is 528 g/mol. The normalized spacial score (nSPS) is 19.7. The maximum atomic E-state index is 13.0. The van der Waals surface area contributed by atoms with Crippen molar-refractivity contribution in [3.8, 4) is 5.75 Å². The van der Waals surface area contributed by atoms with Gasteiger partial charge in [0.25, 0.3) is 0 Å². The van der Waals surface area contributed by atoms with Crippen LogP contribution in [0.4, 0.5) is 13.2 Å². The van der Waals surface area contributed by atoms with Crippen LogP contribution in [0.25, 0.3) is 10.8 Å². The van der Waals surface area contributed by atoms with Crippen molar-refractivity contribution in [2.75, 3.05) is 0 Å². The average molecular weight is 529 g/mol. The number of nitrogens with one attached hydrogen (secondary N) is 2. The van der Waals surface area contributed by atoms with Crippen LogP contribution in [0.3, 0.4) is 0 Å². The van der Waals surface area contributed by atoms with Crippen LogP contribution in [0.15, 0.2) is 71.6 Å². The Labute approximate surface area is 209 Å². The number of benzene rings is 3. The second kappa shape index (κ2) is 11.2. The van der Waals surface area contributed by atoms with E-state index in [1.54, 1.807) is 0 Å². The van der Waals surface area contributed by atoms with Crippen molar-refractivity contribution < 1.29 is 26.3 Å². The zero-order valence-electron chi connectivity index (χ0n) is 19.1. The third-order valence-corrected chi connectivity index (χ3v) is 7.70. The van der Waals surface area contributed by atoms with E-state index < -0.39 is 22.1 Å². The number of hydrogen-bond acceptors (Lipinski definition) is 4. The highest BCUT2D eigenvalue weighted by Crippen LogP contribution is 2.28. The van der Waals surface area contributed by atoms with Crippen LogP contribution in [0.5, 0.6) is 5.75 Å². The zero-order valence-corrected chi connectivity index (χ0v) is 20.7. The molecule has 0 radical (unpaired) electrons. The van der Waals surface area contributed by atoms with E-state index in [-0.39, 0.29) is 35.4 Å². The van der Waals surface area contributed by atoms with Crippen molar-refractivity contribution in [1.82, 2.24) is 10.0 Å². The highest BCUT2D eigenvalue weighted by molar-refractivity contribution is 7.89. The van der Waals surface area contributed by atoms with E-state index in [9.17, 15) is 21.6 Å². The first-order valence-corrected chi connectivity index (χ1v) is 12.7. The van der Waals surface area contributed by atoms with Gasteiger partial charge in [0.2, 0.25) is 10.0 Å². The Hall–Kier alpha value is -2.33. The molecule has 10 heteroatoms. The summed E-state index contributed by atoms with van der Waals surface area (Å²) >= 11 is 0. The first-order chi connectivity index (χ1) is 16.1. The number of halogens is 4. The SMILES string of the molecule is C[C@H](N[C@H]1CCCC[C@@H]1NS(=O)(=O)c1ccc(OC(F)(F)F)cc1)c1cccc2ccccc12.Cl. The maximum absolute atomic E-state index is 13.0. The van der Waals surface area contributed by atoms with Crippen LogP contribution in [0, 0.1) is 0 Å². The number of rotatable bonds is 7. The van der Waals surface area contributed by atoms with E-state index >= 15 is 0 Å². The van der Waals surface area contributed by atoms with E-state index in [1.807, 2.05) is 18.2 Å². The molecular formula is C25H28ClF3N2O3S. The number of fused-ring (bicyclic) bond motifs is 1. The standard InChI is InChI=1S/C25H27F3N2O3S.ClH/c1-17(21-10-6-8-18-7-2-3-9-22(18)21)29-23-11-4-5-12-24(23)30-34(31,32)20-15-13-19(14-16-20)33-25(26,27)28;/h2-3,6-10,13-17,23-24,29-30H,4-5,11-12H2,1H3;1H/t17-,23-,24-;/m0./s1. The van der Waals surface area contributed by atoms with Crippen LogP contribution < -0.4 is 14.8 Å². The second-order valence-corrected chi connectivity index (χ2v) is 10.3. The smallest absolute Gasteiger partial charge is 0.406 e. The molecule has 3 aromatic rings. The highest BCUT2D eigenvalue weighted by atomic mass is 35.5. The summed E-state index contributed by atoms with van der Waals surface area (Å²) in [5.41, 5.74) is 1.14. The van der Waals surface area contributed by atoms with E-state index in [1.165, 1.54) is 0 Å². The lowest BCUT2D eigenvalue weighted by Crippen LogP contribution is -2.52. The van der Waals surface area contributed by atoms with Gasteiger partial charge < -0.3 is 10.1 Å². The second-order valence-electron chi connectivity index (χ2n) is 8.59. The van der Waals surface area contributed by atoms with Gasteiger partial charge in [0.1, 0.15) is 5.75 Å². The molecule has 190 valence electrons. The summed E-state index contributed by atoms with van der Waals surface area (Å²) in [7, 11) is -3.92. The van der Waals surface area contributed by atoms with Gasteiger partial charge in [-0.2, -0.15) is 0 Å². The lowest BCUT2D eigenvalue weighted by Gasteiger charge is -2.35. The Bertz CT molecular complexity index is 1230. The Morgan fingerprint density at radius 3 is 2.23 bits per heavy atom. The van der Waals surface area contributed by atoms with Gasteiger partial charge in [-0.25, -0.2) is 13.1 Å². The fourth-order valence-corrected chi connectivity index (χ4v) is 5.91. The van der Waals surface area contributed by atoms with Crippen molar-refractivity contribution in [3.05, 3.63) is 72.3 Å². The Morgan fingerprint density at radius 2 is 1.54 bits per heavy atom. The van der Waals surface area contributed by atoms with Gasteiger partial charge in [-0.1, -0.05) is 55.3 Å². The molecule has 4 rings (SSSR count). The summed E-state index contributed by atoms with van der Waals surface area (Å²) in [5.74, 6) is -0.465. The Balaban J connectivity index is 0.00000342. The molecular weight excluding hydrogens is 501 g/mol. The summed E-state index contributed by atoms with van der Waals surface area (Å²) in [4.78, 5) is -0.103. The predicted octanol–water partition coefficient (Wildman–Crippen LogP) is 6.10. The molecule has 0 bridgehead atoms. The van der Waals surface area contributed by atoms with Crippen molar-refractivity contribution in [3.63, 3.8) is 0 Å². The largest absolute Gasteiger partial charge is 0.573 e. The molecule has 0 saturated heterocycles. The third-order valence-electron chi connectivity index (χ3n) is 6.19. The van der Waals surface area contributed by atoms with Gasteiger partial charge in [0.05, 0.1) is 4.90 Å². The summed E-state index contributed by atoms with van der Waals surface area (Å²) in [5, 5.41) is 5.91. The Morgan fingerprint density at radius 1 is 0.914 bits per heavy atom. The topological polar surface area (TPSA) is 67.4 Å². The molecule has 2 N–H and O–H groups in total. The maximum Gasteiger partial charge on any atom is 0.573 e. The van der Waals surface area contributed by atoms with Crippen LogP contribution in [-0.2, 0) is 10.0 Å². The van der Waals surface area contributed by atoms with Crippen LogP contribution in [-0.4, -0.2) is 26.9 Å². The van der Waals surface area contributed by atoms with Gasteiger partial charge in [-0.3, -0.25) is 0 Å². The molecule has 0 aromatic heterocycles.